The van der Waals surface area contributed by atoms with Crippen LogP contribution >= 0.6 is 11.3 Å². The lowest BCUT2D eigenvalue weighted by Gasteiger charge is -2.20. The second-order valence-electron chi connectivity index (χ2n) is 7.95. The molecule has 2 aromatic heterocycles. The zero-order valence-corrected chi connectivity index (χ0v) is 18.4. The van der Waals surface area contributed by atoms with Crippen LogP contribution in [-0.2, 0) is 9.59 Å². The lowest BCUT2D eigenvalue weighted by atomic mass is 10.0. The Kier molecular flexibility index (Phi) is 5.55. The van der Waals surface area contributed by atoms with Gasteiger partial charge in [-0.1, -0.05) is 18.2 Å². The molecule has 0 radical (unpaired) electrons. The Bertz CT molecular complexity index is 1350. The topological polar surface area (TPSA) is 110 Å². The fraction of sp³-hybridized carbons (Fsp3) is 0.160. The van der Waals surface area contributed by atoms with Crippen LogP contribution in [0.15, 0.2) is 65.8 Å². The van der Waals surface area contributed by atoms with Gasteiger partial charge >= 0.3 is 0 Å². The van der Waals surface area contributed by atoms with Gasteiger partial charge in [0.15, 0.2) is 0 Å². The number of nitriles is 1. The van der Waals surface area contributed by atoms with Crippen LogP contribution in [0.1, 0.15) is 23.3 Å². The van der Waals surface area contributed by atoms with Gasteiger partial charge < -0.3 is 20.9 Å². The van der Waals surface area contributed by atoms with E-state index >= 15 is 0 Å². The summed E-state index contributed by atoms with van der Waals surface area (Å²) >= 11 is 1.46. The molecule has 1 fully saturated rings. The first-order valence-electron chi connectivity index (χ1n) is 10.6. The van der Waals surface area contributed by atoms with E-state index in [2.05, 4.69) is 20.9 Å². The summed E-state index contributed by atoms with van der Waals surface area (Å²) in [5, 5.41) is 21.3. The Balaban J connectivity index is 1.39. The molecule has 0 spiro atoms. The van der Waals surface area contributed by atoms with Crippen LogP contribution in [-0.4, -0.2) is 23.0 Å². The summed E-state index contributed by atoms with van der Waals surface area (Å²) in [6.45, 7) is 0. The number of anilines is 1. The minimum absolute atomic E-state index is 0.0412. The van der Waals surface area contributed by atoms with Gasteiger partial charge in [0.2, 0.25) is 5.91 Å². The molecular weight excluding hydrogens is 434 g/mol. The number of nitrogens with zero attached hydrogens (tertiary/aromatic N) is 1. The highest BCUT2D eigenvalue weighted by molar-refractivity contribution is 7.10. The molecule has 3 heterocycles. The molecule has 4 N–H and O–H groups in total. The number of rotatable bonds is 6. The van der Waals surface area contributed by atoms with E-state index in [1.165, 1.54) is 11.3 Å². The molecule has 1 saturated carbocycles. The lowest BCUT2D eigenvalue weighted by Crippen LogP contribution is -2.43. The van der Waals surface area contributed by atoms with Gasteiger partial charge in [0, 0.05) is 27.9 Å². The van der Waals surface area contributed by atoms with Gasteiger partial charge in [0.05, 0.1) is 11.2 Å². The first-order valence-corrected chi connectivity index (χ1v) is 11.5. The average Bonchev–Trinajstić information content (AvgIpc) is 3.38. The number of benzene rings is 1. The van der Waals surface area contributed by atoms with E-state index < -0.39 is 5.91 Å². The highest BCUT2D eigenvalue weighted by Gasteiger charge is 2.30. The van der Waals surface area contributed by atoms with Crippen LogP contribution in [0.4, 0.5) is 5.69 Å². The molecule has 1 aromatic carbocycles. The normalized spacial score (nSPS) is 17.7. The van der Waals surface area contributed by atoms with Crippen molar-refractivity contribution in [2.75, 3.05) is 5.32 Å². The first kappa shape index (κ1) is 20.8. The Morgan fingerprint density at radius 3 is 2.85 bits per heavy atom. The number of H-pyrrole nitrogens is 1. The molecule has 5 rings (SSSR count). The van der Waals surface area contributed by atoms with Crippen molar-refractivity contribution >= 4 is 51.4 Å². The number of allylic oxidation sites excluding steroid dienone is 2. The number of hydrogen-bond donors (Lipinski definition) is 4. The van der Waals surface area contributed by atoms with Gasteiger partial charge in [-0.25, -0.2) is 0 Å². The van der Waals surface area contributed by atoms with Crippen LogP contribution in [0.2, 0.25) is 0 Å². The minimum atomic E-state index is -0.460. The molecular formula is C25H21N5O2S. The largest absolute Gasteiger partial charge is 0.368 e. The number of amides is 2. The number of hydrogen-bond acceptors (Lipinski definition) is 5. The standard InChI is InChI=1S/C25H21N5O2S/c26-13-17(11-18-3-2-10-33-18)25(32)29-21-5-1-4-19-20(14-28-23(19)21)16-8-9-27-22(12-16)30-24(31)15-6-7-15/h1-5,8-12,14-15,22,27-28H,6-7H2,(H,29,32)(H,30,31)/b17-11+. The smallest absolute Gasteiger partial charge is 0.266 e. The number of fused-ring (bicyclic) bond motifs is 1. The summed E-state index contributed by atoms with van der Waals surface area (Å²) in [6.07, 6.45) is 10.9. The third kappa shape index (κ3) is 4.45. The number of aromatic nitrogens is 1. The quantitative estimate of drug-likeness (QED) is 0.331. The fourth-order valence-corrected chi connectivity index (χ4v) is 4.41. The van der Waals surface area contributed by atoms with Crippen LogP contribution in [0, 0.1) is 17.2 Å². The van der Waals surface area contributed by atoms with Crippen molar-refractivity contribution in [3.63, 3.8) is 0 Å². The van der Waals surface area contributed by atoms with E-state index in [1.807, 2.05) is 60.3 Å². The van der Waals surface area contributed by atoms with Gasteiger partial charge in [-0.2, -0.15) is 5.26 Å². The Labute approximate surface area is 194 Å². The van der Waals surface area contributed by atoms with Gasteiger partial charge in [0.25, 0.3) is 5.91 Å². The zero-order valence-electron chi connectivity index (χ0n) is 17.6. The molecule has 8 heteroatoms. The SMILES string of the molecule is N#C/C(=C\c1cccs1)C(=O)Nc1cccc2c(C3=CC(NC(=O)C4CC4)NC=C3)c[nH]c12. The molecule has 33 heavy (non-hydrogen) atoms. The lowest BCUT2D eigenvalue weighted by molar-refractivity contribution is -0.122. The molecule has 164 valence electrons. The number of dihydropyridines is 1. The van der Waals surface area contributed by atoms with Crippen molar-refractivity contribution in [2.24, 2.45) is 5.92 Å². The van der Waals surface area contributed by atoms with Gasteiger partial charge in [-0.15, -0.1) is 11.3 Å². The summed E-state index contributed by atoms with van der Waals surface area (Å²) < 4.78 is 0. The Morgan fingerprint density at radius 2 is 2.09 bits per heavy atom. The van der Waals surface area contributed by atoms with Gasteiger partial charge in [0.1, 0.15) is 17.8 Å². The van der Waals surface area contributed by atoms with E-state index in [0.717, 1.165) is 39.8 Å². The van der Waals surface area contributed by atoms with Crippen molar-refractivity contribution in [1.29, 1.82) is 5.26 Å². The molecule has 0 saturated heterocycles. The maximum absolute atomic E-state index is 12.7. The van der Waals surface area contributed by atoms with Crippen molar-refractivity contribution in [3.8, 4) is 6.07 Å². The second kappa shape index (κ2) is 8.81. The predicted octanol–water partition coefficient (Wildman–Crippen LogP) is 4.13. The summed E-state index contributed by atoms with van der Waals surface area (Å²) in [5.41, 5.74) is 3.31. The number of thiophene rings is 1. The van der Waals surface area contributed by atoms with Gasteiger partial charge in [-0.3, -0.25) is 9.59 Å². The van der Waals surface area contributed by atoms with E-state index in [9.17, 15) is 14.9 Å². The Morgan fingerprint density at radius 1 is 1.21 bits per heavy atom. The van der Waals surface area contributed by atoms with E-state index in [1.54, 1.807) is 12.1 Å². The highest BCUT2D eigenvalue weighted by Crippen LogP contribution is 2.32. The molecule has 1 aliphatic carbocycles. The van der Waals surface area contributed by atoms with Crippen LogP contribution in [0.25, 0.3) is 22.6 Å². The Hall–Kier alpha value is -4.09. The molecule has 1 unspecified atom stereocenters. The van der Waals surface area contributed by atoms with E-state index in [4.69, 9.17) is 0 Å². The monoisotopic (exact) mass is 455 g/mol. The highest BCUT2D eigenvalue weighted by atomic mass is 32.1. The van der Waals surface area contributed by atoms with Crippen molar-refractivity contribution < 1.29 is 9.59 Å². The number of carbonyl (C=O) groups is 2. The number of para-hydroxylation sites is 1. The summed E-state index contributed by atoms with van der Waals surface area (Å²) in [6, 6.07) is 11.3. The molecule has 7 nitrogen and oxygen atoms in total. The van der Waals surface area contributed by atoms with Crippen LogP contribution in [0.5, 0.6) is 0 Å². The molecule has 0 bridgehead atoms. The maximum atomic E-state index is 12.7. The van der Waals surface area contributed by atoms with Gasteiger partial charge in [-0.05, 0) is 60.4 Å². The molecule has 1 atom stereocenters. The van der Waals surface area contributed by atoms with Crippen LogP contribution in [0.3, 0.4) is 0 Å². The van der Waals surface area contributed by atoms with Crippen molar-refractivity contribution in [2.45, 2.75) is 19.0 Å². The van der Waals surface area contributed by atoms with Crippen LogP contribution < -0.4 is 16.0 Å². The number of aromatic amines is 1. The molecule has 2 aliphatic rings. The first-order chi connectivity index (χ1) is 16.1. The molecule has 3 aromatic rings. The van der Waals surface area contributed by atoms with E-state index in [-0.39, 0.29) is 23.6 Å². The van der Waals surface area contributed by atoms with Crippen molar-refractivity contribution in [1.82, 2.24) is 15.6 Å². The van der Waals surface area contributed by atoms with E-state index in [0.29, 0.717) is 5.69 Å². The molecule has 2 amide bonds. The predicted molar refractivity (Wildman–Crippen MR) is 130 cm³/mol. The zero-order chi connectivity index (χ0) is 22.8. The average molecular weight is 456 g/mol. The second-order valence-corrected chi connectivity index (χ2v) is 8.93. The number of nitrogens with one attached hydrogen (secondary N) is 4. The summed E-state index contributed by atoms with van der Waals surface area (Å²) in [5.74, 6) is -0.245. The maximum Gasteiger partial charge on any atom is 0.266 e. The fourth-order valence-electron chi connectivity index (χ4n) is 3.76. The minimum Gasteiger partial charge on any atom is -0.368 e. The summed E-state index contributed by atoms with van der Waals surface area (Å²) in [4.78, 5) is 29.0. The van der Waals surface area contributed by atoms with Crippen molar-refractivity contribution in [3.05, 3.63) is 76.3 Å². The third-order valence-electron chi connectivity index (χ3n) is 5.60. The molecule has 1 aliphatic heterocycles. The number of carbonyl (C=O) groups excluding carboxylic acids is 2. The third-order valence-corrected chi connectivity index (χ3v) is 6.42. The summed E-state index contributed by atoms with van der Waals surface area (Å²) in [7, 11) is 0.